The van der Waals surface area contributed by atoms with Gasteiger partial charge in [0.05, 0.1) is 27.8 Å². The monoisotopic (exact) mass is 742 g/mol. The average molecular weight is 743 g/mol. The highest BCUT2D eigenvalue weighted by Crippen LogP contribution is 2.42. The van der Waals surface area contributed by atoms with Crippen LogP contribution in [0.1, 0.15) is 0 Å². The number of benzene rings is 9. The van der Waals surface area contributed by atoms with Crippen LogP contribution in [0.5, 0.6) is 0 Å². The predicted octanol–water partition coefficient (Wildman–Crippen LogP) is 15.2. The van der Waals surface area contributed by atoms with Crippen LogP contribution in [0.15, 0.2) is 206 Å². The second-order valence-electron chi connectivity index (χ2n) is 14.9. The summed E-state index contributed by atoms with van der Waals surface area (Å²) in [5, 5.41) is 7.64. The van der Waals surface area contributed by atoms with Gasteiger partial charge in [0.1, 0.15) is 0 Å². The molecule has 0 spiro atoms. The summed E-state index contributed by atoms with van der Waals surface area (Å²) in [4.78, 5) is 0. The molecule has 3 heterocycles. The third-order valence-corrected chi connectivity index (χ3v) is 12.8. The van der Waals surface area contributed by atoms with E-state index < -0.39 is 0 Å². The van der Waals surface area contributed by atoms with Crippen LogP contribution >= 0.6 is 11.3 Å². The number of rotatable bonds is 5. The first kappa shape index (κ1) is 32.1. The van der Waals surface area contributed by atoms with Gasteiger partial charge >= 0.3 is 0 Å². The molecular formula is C54H34N2S. The van der Waals surface area contributed by atoms with E-state index in [1.165, 1.54) is 109 Å². The van der Waals surface area contributed by atoms with Crippen molar-refractivity contribution in [3.63, 3.8) is 0 Å². The summed E-state index contributed by atoms with van der Waals surface area (Å²) in [5.41, 5.74) is 14.6. The van der Waals surface area contributed by atoms with Crippen molar-refractivity contribution < 1.29 is 0 Å². The highest BCUT2D eigenvalue weighted by Gasteiger charge is 2.18. The Kier molecular flexibility index (Phi) is 7.13. The highest BCUT2D eigenvalue weighted by atomic mass is 32.1. The molecular weight excluding hydrogens is 709 g/mol. The molecule has 9 aromatic carbocycles. The zero-order valence-corrected chi connectivity index (χ0v) is 31.7. The van der Waals surface area contributed by atoms with E-state index in [9.17, 15) is 0 Å². The molecule has 12 aromatic rings. The molecule has 3 heteroatoms. The molecule has 0 saturated carbocycles. The van der Waals surface area contributed by atoms with Crippen molar-refractivity contribution in [2.75, 3.05) is 0 Å². The summed E-state index contributed by atoms with van der Waals surface area (Å²) in [5.74, 6) is 0. The van der Waals surface area contributed by atoms with E-state index in [4.69, 9.17) is 0 Å². The Balaban J connectivity index is 0.991. The van der Waals surface area contributed by atoms with Crippen LogP contribution in [0.3, 0.4) is 0 Å². The first-order chi connectivity index (χ1) is 28.3. The zero-order valence-electron chi connectivity index (χ0n) is 30.9. The van der Waals surface area contributed by atoms with E-state index >= 15 is 0 Å². The molecule has 0 aliphatic rings. The molecule has 0 aliphatic heterocycles. The van der Waals surface area contributed by atoms with Gasteiger partial charge in [0.25, 0.3) is 0 Å². The fourth-order valence-electron chi connectivity index (χ4n) is 9.09. The fourth-order valence-corrected chi connectivity index (χ4v) is 10.3. The number of aromatic nitrogens is 2. The van der Waals surface area contributed by atoms with Gasteiger partial charge in [-0.2, -0.15) is 0 Å². The van der Waals surface area contributed by atoms with Gasteiger partial charge in [0.2, 0.25) is 0 Å². The van der Waals surface area contributed by atoms with Gasteiger partial charge < -0.3 is 9.13 Å². The van der Waals surface area contributed by atoms with Gasteiger partial charge in [-0.1, -0.05) is 146 Å². The Morgan fingerprint density at radius 2 is 0.772 bits per heavy atom. The standard InChI is InChI=1S/C54H34N2S/c1-3-13-35(14-4-1)39-23-27-44-45-28-26-40(34-54(45)57-53(44)33-39)55-49-21-11-8-18-42(49)46-31-37(24-29-51(46)55)38-25-30-52-47(32-38)43-19-9-12-22-50(43)56(52)48-20-10-7-17-41(48)36-15-5-2-6-16-36/h1-34H. The Morgan fingerprint density at radius 1 is 0.281 bits per heavy atom. The maximum absolute atomic E-state index is 2.44. The molecule has 0 unspecified atom stereocenters. The van der Waals surface area contributed by atoms with Crippen molar-refractivity contribution in [2.45, 2.75) is 0 Å². The Bertz CT molecular complexity index is 3510. The summed E-state index contributed by atoms with van der Waals surface area (Å²) in [6.07, 6.45) is 0. The third-order valence-electron chi connectivity index (χ3n) is 11.7. The van der Waals surface area contributed by atoms with E-state index in [1.807, 2.05) is 11.3 Å². The summed E-state index contributed by atoms with van der Waals surface area (Å²) < 4.78 is 7.49. The lowest BCUT2D eigenvalue weighted by Gasteiger charge is -2.14. The minimum atomic E-state index is 1.18. The van der Waals surface area contributed by atoms with E-state index in [0.717, 1.165) is 0 Å². The fraction of sp³-hybridized carbons (Fsp3) is 0. The number of hydrogen-bond acceptors (Lipinski definition) is 1. The van der Waals surface area contributed by atoms with Crippen LogP contribution < -0.4 is 0 Å². The molecule has 0 atom stereocenters. The predicted molar refractivity (Wildman–Crippen MR) is 244 cm³/mol. The Morgan fingerprint density at radius 3 is 1.47 bits per heavy atom. The quantitative estimate of drug-likeness (QED) is 0.166. The second kappa shape index (κ2) is 12.7. The maximum atomic E-state index is 2.44. The molecule has 0 fully saturated rings. The summed E-state index contributed by atoms with van der Waals surface area (Å²) in [6.45, 7) is 0. The van der Waals surface area contributed by atoms with Crippen molar-refractivity contribution in [1.29, 1.82) is 0 Å². The Labute approximate surface area is 333 Å². The number of hydrogen-bond donors (Lipinski definition) is 0. The van der Waals surface area contributed by atoms with Crippen LogP contribution in [0.25, 0.3) is 109 Å². The topological polar surface area (TPSA) is 9.86 Å². The highest BCUT2D eigenvalue weighted by molar-refractivity contribution is 7.25. The van der Waals surface area contributed by atoms with Crippen molar-refractivity contribution >= 4 is 75.1 Å². The van der Waals surface area contributed by atoms with Gasteiger partial charge in [-0.3, -0.25) is 0 Å². The number of para-hydroxylation sites is 3. The number of thiophene rings is 1. The molecule has 0 radical (unpaired) electrons. The van der Waals surface area contributed by atoms with Gasteiger partial charge in [0.15, 0.2) is 0 Å². The van der Waals surface area contributed by atoms with E-state index in [1.54, 1.807) is 0 Å². The molecule has 12 rings (SSSR count). The van der Waals surface area contributed by atoms with Gasteiger partial charge in [-0.25, -0.2) is 0 Å². The van der Waals surface area contributed by atoms with E-state index in [0.29, 0.717) is 0 Å². The van der Waals surface area contributed by atoms with E-state index in [-0.39, 0.29) is 0 Å². The average Bonchev–Trinajstić information content (AvgIpc) is 3.93. The lowest BCUT2D eigenvalue weighted by molar-refractivity contribution is 1.18. The molecule has 0 bridgehead atoms. The SMILES string of the molecule is c1ccc(-c2ccc3c(c2)sc2cc(-n4c5ccccc5c5cc(-c6ccc7c(c6)c6ccccc6n7-c6ccccc6-c6ccccc6)ccc54)ccc23)cc1. The first-order valence-electron chi connectivity index (χ1n) is 19.5. The lowest BCUT2D eigenvalue weighted by Crippen LogP contribution is -1.97. The van der Waals surface area contributed by atoms with Crippen LogP contribution in [-0.2, 0) is 0 Å². The van der Waals surface area contributed by atoms with Gasteiger partial charge in [0, 0.05) is 53.0 Å². The van der Waals surface area contributed by atoms with Crippen molar-refractivity contribution in [2.24, 2.45) is 0 Å². The molecule has 266 valence electrons. The van der Waals surface area contributed by atoms with E-state index in [2.05, 4.69) is 215 Å². The molecule has 2 nitrogen and oxygen atoms in total. The largest absolute Gasteiger partial charge is 0.309 e. The summed E-state index contributed by atoms with van der Waals surface area (Å²) in [7, 11) is 0. The summed E-state index contributed by atoms with van der Waals surface area (Å²) in [6, 6.07) is 75.6. The van der Waals surface area contributed by atoms with Gasteiger partial charge in [-0.05, 0) is 88.5 Å². The Hall–Kier alpha value is -7.20. The maximum Gasteiger partial charge on any atom is 0.0541 e. The van der Waals surface area contributed by atoms with Crippen LogP contribution in [0, 0.1) is 0 Å². The summed E-state index contributed by atoms with van der Waals surface area (Å²) >= 11 is 1.88. The van der Waals surface area contributed by atoms with Crippen molar-refractivity contribution in [3.05, 3.63) is 206 Å². The van der Waals surface area contributed by atoms with Crippen LogP contribution in [0.4, 0.5) is 0 Å². The number of nitrogens with zero attached hydrogens (tertiary/aromatic N) is 2. The second-order valence-corrected chi connectivity index (χ2v) is 16.0. The molecule has 0 amide bonds. The van der Waals surface area contributed by atoms with Crippen molar-refractivity contribution in [3.8, 4) is 44.8 Å². The molecule has 3 aromatic heterocycles. The normalized spacial score (nSPS) is 11.9. The third kappa shape index (κ3) is 5.03. The minimum Gasteiger partial charge on any atom is -0.309 e. The molecule has 0 aliphatic carbocycles. The van der Waals surface area contributed by atoms with Crippen LogP contribution in [0.2, 0.25) is 0 Å². The first-order valence-corrected chi connectivity index (χ1v) is 20.3. The molecule has 0 N–H and O–H groups in total. The van der Waals surface area contributed by atoms with Crippen LogP contribution in [-0.4, -0.2) is 9.13 Å². The number of fused-ring (bicyclic) bond motifs is 9. The molecule has 57 heavy (non-hydrogen) atoms. The zero-order chi connectivity index (χ0) is 37.5. The van der Waals surface area contributed by atoms with Crippen molar-refractivity contribution in [1.82, 2.24) is 9.13 Å². The minimum absolute atomic E-state index is 1.18. The smallest absolute Gasteiger partial charge is 0.0541 e. The molecule has 0 saturated heterocycles. The lowest BCUT2D eigenvalue weighted by atomic mass is 10.0. The van der Waals surface area contributed by atoms with Gasteiger partial charge in [-0.15, -0.1) is 11.3 Å².